The van der Waals surface area contributed by atoms with Crippen LogP contribution < -0.4 is 5.32 Å². The summed E-state index contributed by atoms with van der Waals surface area (Å²) in [6.45, 7) is 3.47. The molecule has 0 aliphatic heterocycles. The van der Waals surface area contributed by atoms with Crippen molar-refractivity contribution in [3.8, 4) is 0 Å². The van der Waals surface area contributed by atoms with Gasteiger partial charge in [0.1, 0.15) is 24.8 Å². The fourth-order valence-electron chi connectivity index (χ4n) is 2.05. The summed E-state index contributed by atoms with van der Waals surface area (Å²) < 4.78 is 3.67. The van der Waals surface area contributed by atoms with E-state index in [0.29, 0.717) is 0 Å². The summed E-state index contributed by atoms with van der Waals surface area (Å²) in [4.78, 5) is 8.53. The molecular weight excluding hydrogens is 244 g/mol. The zero-order chi connectivity index (χ0) is 13.2. The summed E-state index contributed by atoms with van der Waals surface area (Å²) in [6.07, 6.45) is 4.92. The maximum Gasteiger partial charge on any atom is 0.163 e. The highest BCUT2D eigenvalue weighted by atomic mass is 15.3. The van der Waals surface area contributed by atoms with Crippen molar-refractivity contribution in [1.82, 2.24) is 34.5 Å². The summed E-state index contributed by atoms with van der Waals surface area (Å²) in [5.74, 6) is 0.809. The molecule has 0 spiro atoms. The minimum atomic E-state index is 0.735. The van der Waals surface area contributed by atoms with Crippen molar-refractivity contribution >= 4 is 16.9 Å². The second-order valence-corrected chi connectivity index (χ2v) is 4.26. The molecule has 0 unspecified atom stereocenters. The van der Waals surface area contributed by atoms with Crippen LogP contribution >= 0.6 is 0 Å². The molecule has 0 atom stereocenters. The van der Waals surface area contributed by atoms with E-state index in [1.165, 1.54) is 0 Å². The number of hydrogen-bond acceptors (Lipinski definition) is 6. The first-order valence-corrected chi connectivity index (χ1v) is 5.96. The molecule has 3 heterocycles. The van der Waals surface area contributed by atoms with Crippen LogP contribution in [0.15, 0.2) is 19.0 Å². The monoisotopic (exact) mass is 258 g/mol. The van der Waals surface area contributed by atoms with Gasteiger partial charge in [0, 0.05) is 20.1 Å². The molecule has 19 heavy (non-hydrogen) atoms. The van der Waals surface area contributed by atoms with Gasteiger partial charge < -0.3 is 9.88 Å². The van der Waals surface area contributed by atoms with Crippen LogP contribution in [-0.2, 0) is 13.6 Å². The van der Waals surface area contributed by atoms with Crippen LogP contribution in [-0.4, -0.2) is 41.1 Å². The van der Waals surface area contributed by atoms with Crippen LogP contribution in [0.5, 0.6) is 0 Å². The van der Waals surface area contributed by atoms with Crippen LogP contribution in [0, 0.1) is 6.92 Å². The number of nitrogens with one attached hydrogen (secondary N) is 1. The SMILES string of the molecule is Cc1nn(C)c2ncnc(NCCn3cnnc3)c12. The summed E-state index contributed by atoms with van der Waals surface area (Å²) in [6, 6.07) is 0. The number of aryl methyl sites for hydroxylation is 2. The number of rotatable bonds is 4. The standard InChI is InChI=1S/C11H14N8/c1-8-9-10(12-3-4-19-6-15-16-7-19)13-5-14-11(9)18(2)17-8/h5-7H,3-4H2,1-2H3,(H,12,13,14). The minimum absolute atomic E-state index is 0.735. The highest BCUT2D eigenvalue weighted by molar-refractivity contribution is 5.88. The molecule has 0 aliphatic rings. The van der Waals surface area contributed by atoms with Crippen LogP contribution in [0.1, 0.15) is 5.69 Å². The van der Waals surface area contributed by atoms with Crippen molar-refractivity contribution in [2.24, 2.45) is 7.05 Å². The van der Waals surface area contributed by atoms with Crippen molar-refractivity contribution in [1.29, 1.82) is 0 Å². The van der Waals surface area contributed by atoms with E-state index in [0.717, 1.165) is 35.6 Å². The Balaban J connectivity index is 1.81. The predicted octanol–water partition coefficient (Wildman–Crippen LogP) is 0.375. The van der Waals surface area contributed by atoms with Crippen molar-refractivity contribution in [3.63, 3.8) is 0 Å². The average molecular weight is 258 g/mol. The van der Waals surface area contributed by atoms with Gasteiger partial charge in [0.15, 0.2) is 5.65 Å². The van der Waals surface area contributed by atoms with Gasteiger partial charge in [-0.2, -0.15) is 5.10 Å². The Hall–Kier alpha value is -2.51. The lowest BCUT2D eigenvalue weighted by Crippen LogP contribution is -2.10. The largest absolute Gasteiger partial charge is 0.368 e. The normalized spacial score (nSPS) is 11.1. The van der Waals surface area contributed by atoms with Crippen LogP contribution in [0.25, 0.3) is 11.0 Å². The third-order valence-electron chi connectivity index (χ3n) is 2.92. The van der Waals surface area contributed by atoms with E-state index in [9.17, 15) is 0 Å². The summed E-state index contributed by atoms with van der Waals surface area (Å²) in [7, 11) is 1.88. The van der Waals surface area contributed by atoms with Crippen molar-refractivity contribution in [2.75, 3.05) is 11.9 Å². The van der Waals surface area contributed by atoms with Crippen LogP contribution in [0.2, 0.25) is 0 Å². The minimum Gasteiger partial charge on any atom is -0.368 e. The molecule has 1 N–H and O–H groups in total. The van der Waals surface area contributed by atoms with Crippen LogP contribution in [0.3, 0.4) is 0 Å². The van der Waals surface area contributed by atoms with Gasteiger partial charge in [-0.1, -0.05) is 0 Å². The number of anilines is 1. The lowest BCUT2D eigenvalue weighted by molar-refractivity contribution is 0.723. The van der Waals surface area contributed by atoms with E-state index in [1.54, 1.807) is 23.7 Å². The topological polar surface area (TPSA) is 86.3 Å². The molecule has 0 saturated carbocycles. The van der Waals surface area contributed by atoms with E-state index >= 15 is 0 Å². The molecule has 0 saturated heterocycles. The molecule has 8 heteroatoms. The fraction of sp³-hybridized carbons (Fsp3) is 0.364. The van der Waals surface area contributed by atoms with Gasteiger partial charge in [-0.05, 0) is 6.92 Å². The molecule has 0 fully saturated rings. The molecule has 98 valence electrons. The molecule has 0 aromatic carbocycles. The molecule has 0 bridgehead atoms. The van der Waals surface area contributed by atoms with Gasteiger partial charge >= 0.3 is 0 Å². The Morgan fingerprint density at radius 1 is 1.21 bits per heavy atom. The number of aromatic nitrogens is 7. The summed E-state index contributed by atoms with van der Waals surface area (Å²) in [5.41, 5.74) is 1.75. The van der Waals surface area contributed by atoms with Gasteiger partial charge in [-0.15, -0.1) is 10.2 Å². The molecule has 0 amide bonds. The Morgan fingerprint density at radius 3 is 2.79 bits per heavy atom. The van der Waals surface area contributed by atoms with Crippen molar-refractivity contribution < 1.29 is 0 Å². The first-order valence-electron chi connectivity index (χ1n) is 5.96. The van der Waals surface area contributed by atoms with Gasteiger partial charge in [0.25, 0.3) is 0 Å². The lowest BCUT2D eigenvalue weighted by atomic mass is 10.3. The number of nitrogens with zero attached hydrogens (tertiary/aromatic N) is 7. The first-order chi connectivity index (χ1) is 9.25. The molecule has 3 aromatic rings. The number of hydrogen-bond donors (Lipinski definition) is 1. The average Bonchev–Trinajstić information content (AvgIpc) is 3.00. The highest BCUT2D eigenvalue weighted by Crippen LogP contribution is 2.21. The van der Waals surface area contributed by atoms with Gasteiger partial charge in [0.2, 0.25) is 0 Å². The highest BCUT2D eigenvalue weighted by Gasteiger charge is 2.11. The quantitative estimate of drug-likeness (QED) is 0.728. The maximum absolute atomic E-state index is 4.36. The fourth-order valence-corrected chi connectivity index (χ4v) is 2.05. The molecule has 0 radical (unpaired) electrons. The van der Waals surface area contributed by atoms with Gasteiger partial charge in [-0.3, -0.25) is 4.68 Å². The molecule has 3 aromatic heterocycles. The third-order valence-corrected chi connectivity index (χ3v) is 2.92. The maximum atomic E-state index is 4.36. The van der Waals surface area contributed by atoms with Crippen molar-refractivity contribution in [2.45, 2.75) is 13.5 Å². The Morgan fingerprint density at radius 2 is 2.00 bits per heavy atom. The van der Waals surface area contributed by atoms with Crippen molar-refractivity contribution in [3.05, 3.63) is 24.7 Å². The first kappa shape index (κ1) is 11.6. The number of fused-ring (bicyclic) bond motifs is 1. The molecule has 8 nitrogen and oxygen atoms in total. The smallest absolute Gasteiger partial charge is 0.163 e. The Kier molecular flexibility index (Phi) is 2.82. The second kappa shape index (κ2) is 4.63. The predicted molar refractivity (Wildman–Crippen MR) is 69.6 cm³/mol. The zero-order valence-corrected chi connectivity index (χ0v) is 10.8. The third kappa shape index (κ3) is 2.12. The summed E-state index contributed by atoms with van der Waals surface area (Å²) >= 11 is 0. The van der Waals surface area contributed by atoms with E-state index in [1.807, 2.05) is 18.5 Å². The van der Waals surface area contributed by atoms with E-state index in [-0.39, 0.29) is 0 Å². The van der Waals surface area contributed by atoms with Gasteiger partial charge in [0.05, 0.1) is 11.1 Å². The zero-order valence-electron chi connectivity index (χ0n) is 10.8. The molecule has 3 rings (SSSR count). The van der Waals surface area contributed by atoms with Crippen LogP contribution in [0.4, 0.5) is 5.82 Å². The molecule has 0 aliphatic carbocycles. The van der Waals surface area contributed by atoms with E-state index < -0.39 is 0 Å². The second-order valence-electron chi connectivity index (χ2n) is 4.26. The Bertz CT molecular complexity index is 684. The summed E-state index contributed by atoms with van der Waals surface area (Å²) in [5, 5.41) is 16.1. The van der Waals surface area contributed by atoms with E-state index in [2.05, 4.69) is 30.6 Å². The van der Waals surface area contributed by atoms with E-state index in [4.69, 9.17) is 0 Å². The lowest BCUT2D eigenvalue weighted by Gasteiger charge is -2.06. The Labute approximate surface area is 109 Å². The van der Waals surface area contributed by atoms with Gasteiger partial charge in [-0.25, -0.2) is 9.97 Å². The molecular formula is C11H14N8.